The number of carbonyl (C=O) groups is 1. The van der Waals surface area contributed by atoms with E-state index in [0.717, 1.165) is 12.1 Å². The van der Waals surface area contributed by atoms with Gasteiger partial charge in [0.15, 0.2) is 0 Å². The van der Waals surface area contributed by atoms with Crippen LogP contribution in [0.5, 0.6) is 5.75 Å². The van der Waals surface area contributed by atoms with Crippen molar-refractivity contribution < 1.29 is 9.53 Å². The van der Waals surface area contributed by atoms with Crippen LogP contribution in [0.15, 0.2) is 36.5 Å². The standard InChI is InChI=1S/C16H18N4O2/c1-3-12-22-15-6-4-13(5-7-15)19-16(21)17-10-8-14-9-11-18-20(14)2/h1,4-7,9,11H,8,10,12H2,2H3,(H2,17,19,21). The third kappa shape index (κ3) is 4.56. The smallest absolute Gasteiger partial charge is 0.319 e. The Morgan fingerprint density at radius 2 is 2.14 bits per heavy atom. The van der Waals surface area contributed by atoms with Crippen molar-refractivity contribution in [2.24, 2.45) is 7.05 Å². The highest BCUT2D eigenvalue weighted by Crippen LogP contribution is 2.15. The van der Waals surface area contributed by atoms with Crippen molar-refractivity contribution in [3.05, 3.63) is 42.2 Å². The number of carbonyl (C=O) groups excluding carboxylic acids is 1. The molecule has 2 aromatic rings. The summed E-state index contributed by atoms with van der Waals surface area (Å²) in [5, 5.41) is 9.62. The largest absolute Gasteiger partial charge is 0.481 e. The Morgan fingerprint density at radius 3 is 2.77 bits per heavy atom. The molecule has 0 saturated carbocycles. The fraction of sp³-hybridized carbons (Fsp3) is 0.250. The van der Waals surface area contributed by atoms with Gasteiger partial charge in [-0.05, 0) is 30.3 Å². The van der Waals surface area contributed by atoms with Crippen molar-refractivity contribution in [1.29, 1.82) is 0 Å². The Kier molecular flexibility index (Phi) is 5.44. The molecule has 0 aliphatic rings. The van der Waals surface area contributed by atoms with Gasteiger partial charge in [0.25, 0.3) is 0 Å². The minimum absolute atomic E-state index is 0.223. The van der Waals surface area contributed by atoms with Crippen LogP contribution in [0, 0.1) is 12.3 Å². The summed E-state index contributed by atoms with van der Waals surface area (Å²) in [6, 6.07) is 8.69. The third-order valence-corrected chi connectivity index (χ3v) is 3.02. The van der Waals surface area contributed by atoms with Crippen molar-refractivity contribution >= 4 is 11.7 Å². The van der Waals surface area contributed by atoms with Gasteiger partial charge in [-0.3, -0.25) is 4.68 Å². The zero-order chi connectivity index (χ0) is 15.8. The number of urea groups is 1. The van der Waals surface area contributed by atoms with Crippen LogP contribution in [-0.4, -0.2) is 29.0 Å². The Morgan fingerprint density at radius 1 is 1.36 bits per heavy atom. The number of amides is 2. The van der Waals surface area contributed by atoms with E-state index in [1.165, 1.54) is 0 Å². The molecule has 0 spiro atoms. The molecule has 1 aromatic carbocycles. The fourth-order valence-electron chi connectivity index (χ4n) is 1.89. The van der Waals surface area contributed by atoms with E-state index in [2.05, 4.69) is 21.7 Å². The molecule has 2 amide bonds. The van der Waals surface area contributed by atoms with Crippen molar-refractivity contribution in [3.8, 4) is 18.1 Å². The summed E-state index contributed by atoms with van der Waals surface area (Å²) in [7, 11) is 1.87. The summed E-state index contributed by atoms with van der Waals surface area (Å²) in [5.41, 5.74) is 1.75. The number of benzene rings is 1. The molecule has 22 heavy (non-hydrogen) atoms. The molecule has 6 heteroatoms. The number of nitrogens with zero attached hydrogens (tertiary/aromatic N) is 2. The van der Waals surface area contributed by atoms with Crippen molar-refractivity contribution in [1.82, 2.24) is 15.1 Å². The molecule has 0 radical (unpaired) electrons. The molecule has 1 aromatic heterocycles. The van der Waals surface area contributed by atoms with Crippen LogP contribution in [0.1, 0.15) is 5.69 Å². The van der Waals surface area contributed by atoms with Crippen molar-refractivity contribution in [2.45, 2.75) is 6.42 Å². The Hall–Kier alpha value is -2.94. The molecule has 0 fully saturated rings. The molecular formula is C16H18N4O2. The highest BCUT2D eigenvalue weighted by atomic mass is 16.5. The van der Waals surface area contributed by atoms with Gasteiger partial charge in [0.1, 0.15) is 12.4 Å². The SMILES string of the molecule is C#CCOc1ccc(NC(=O)NCCc2ccnn2C)cc1. The first-order valence-corrected chi connectivity index (χ1v) is 6.87. The molecule has 0 unspecified atom stereocenters. The fourth-order valence-corrected chi connectivity index (χ4v) is 1.89. The average Bonchev–Trinajstić information content (AvgIpc) is 2.92. The number of nitrogens with one attached hydrogen (secondary N) is 2. The first-order chi connectivity index (χ1) is 10.7. The van der Waals surface area contributed by atoms with Crippen LogP contribution in [-0.2, 0) is 13.5 Å². The monoisotopic (exact) mass is 298 g/mol. The molecule has 6 nitrogen and oxygen atoms in total. The van der Waals surface area contributed by atoms with Crippen LogP contribution in [0.3, 0.4) is 0 Å². The van der Waals surface area contributed by atoms with Crippen LogP contribution < -0.4 is 15.4 Å². The lowest BCUT2D eigenvalue weighted by atomic mass is 10.3. The van der Waals surface area contributed by atoms with Gasteiger partial charge in [-0.15, -0.1) is 6.42 Å². The minimum atomic E-state index is -0.250. The zero-order valence-electron chi connectivity index (χ0n) is 12.4. The van der Waals surface area contributed by atoms with Gasteiger partial charge in [0.05, 0.1) is 0 Å². The van der Waals surface area contributed by atoms with E-state index in [0.29, 0.717) is 18.0 Å². The first-order valence-electron chi connectivity index (χ1n) is 6.87. The van der Waals surface area contributed by atoms with Crippen molar-refractivity contribution in [2.75, 3.05) is 18.5 Å². The predicted molar refractivity (Wildman–Crippen MR) is 84.7 cm³/mol. The lowest BCUT2D eigenvalue weighted by Crippen LogP contribution is -2.30. The molecule has 0 aliphatic carbocycles. The number of hydrogen-bond acceptors (Lipinski definition) is 3. The van der Waals surface area contributed by atoms with E-state index in [4.69, 9.17) is 11.2 Å². The molecule has 0 aliphatic heterocycles. The van der Waals surface area contributed by atoms with Crippen LogP contribution in [0.25, 0.3) is 0 Å². The van der Waals surface area contributed by atoms with Crippen LogP contribution in [0.2, 0.25) is 0 Å². The Balaban J connectivity index is 1.75. The van der Waals surface area contributed by atoms with Gasteiger partial charge in [-0.1, -0.05) is 5.92 Å². The van der Waals surface area contributed by atoms with E-state index in [-0.39, 0.29) is 12.6 Å². The van der Waals surface area contributed by atoms with Crippen LogP contribution in [0.4, 0.5) is 10.5 Å². The Labute approximate surface area is 129 Å². The molecule has 2 N–H and O–H groups in total. The van der Waals surface area contributed by atoms with Gasteiger partial charge >= 0.3 is 6.03 Å². The maximum absolute atomic E-state index is 11.8. The van der Waals surface area contributed by atoms with Gasteiger partial charge < -0.3 is 15.4 Å². The summed E-state index contributed by atoms with van der Waals surface area (Å²) in [4.78, 5) is 11.8. The van der Waals surface area contributed by atoms with Crippen molar-refractivity contribution in [3.63, 3.8) is 0 Å². The normalized spacial score (nSPS) is 9.82. The number of hydrogen-bond donors (Lipinski definition) is 2. The quantitative estimate of drug-likeness (QED) is 0.799. The lowest BCUT2D eigenvalue weighted by molar-refractivity contribution is 0.252. The molecule has 0 bridgehead atoms. The van der Waals surface area contributed by atoms with E-state index in [1.807, 2.05) is 13.1 Å². The second-order valence-corrected chi connectivity index (χ2v) is 4.59. The number of aryl methyl sites for hydroxylation is 1. The Bertz CT molecular complexity index is 656. The molecule has 0 saturated heterocycles. The molecule has 1 heterocycles. The topological polar surface area (TPSA) is 68.2 Å². The molecular weight excluding hydrogens is 280 g/mol. The number of aromatic nitrogens is 2. The first kappa shape index (κ1) is 15.4. The predicted octanol–water partition coefficient (Wildman–Crippen LogP) is 1.80. The van der Waals surface area contributed by atoms with Crippen LogP contribution >= 0.6 is 0 Å². The third-order valence-electron chi connectivity index (χ3n) is 3.02. The van der Waals surface area contributed by atoms with E-state index < -0.39 is 0 Å². The summed E-state index contributed by atoms with van der Waals surface area (Å²) >= 11 is 0. The maximum Gasteiger partial charge on any atom is 0.319 e. The number of terminal acetylenes is 1. The number of anilines is 1. The summed E-state index contributed by atoms with van der Waals surface area (Å²) in [5.74, 6) is 3.06. The average molecular weight is 298 g/mol. The van der Waals surface area contributed by atoms with E-state index >= 15 is 0 Å². The molecule has 114 valence electrons. The zero-order valence-corrected chi connectivity index (χ0v) is 12.4. The second kappa shape index (κ2) is 7.74. The van der Waals surface area contributed by atoms with Gasteiger partial charge in [0.2, 0.25) is 0 Å². The number of rotatable bonds is 6. The highest BCUT2D eigenvalue weighted by molar-refractivity contribution is 5.89. The lowest BCUT2D eigenvalue weighted by Gasteiger charge is -2.08. The summed E-state index contributed by atoms with van der Waals surface area (Å²) in [6.45, 7) is 0.760. The van der Waals surface area contributed by atoms with Gasteiger partial charge in [-0.25, -0.2) is 4.79 Å². The van der Waals surface area contributed by atoms with Gasteiger partial charge in [-0.2, -0.15) is 5.10 Å². The molecule has 2 rings (SSSR count). The summed E-state index contributed by atoms with van der Waals surface area (Å²) < 4.78 is 7.05. The highest BCUT2D eigenvalue weighted by Gasteiger charge is 2.03. The van der Waals surface area contributed by atoms with E-state index in [9.17, 15) is 4.79 Å². The molecule has 0 atom stereocenters. The number of ether oxygens (including phenoxy) is 1. The van der Waals surface area contributed by atoms with Gasteiger partial charge in [0, 0.05) is 37.6 Å². The second-order valence-electron chi connectivity index (χ2n) is 4.59. The minimum Gasteiger partial charge on any atom is -0.481 e. The maximum atomic E-state index is 11.8. The van der Waals surface area contributed by atoms with E-state index in [1.54, 1.807) is 35.1 Å². The summed E-state index contributed by atoms with van der Waals surface area (Å²) in [6.07, 6.45) is 7.58.